The number of nitrogens with one attached hydrogen (secondary N) is 1. The molecular formula is C12H11N3O. The topological polar surface area (TPSA) is 46.4 Å². The van der Waals surface area contributed by atoms with E-state index in [0.29, 0.717) is 5.56 Å². The van der Waals surface area contributed by atoms with E-state index in [1.165, 1.54) is 0 Å². The van der Waals surface area contributed by atoms with Gasteiger partial charge in [-0.15, -0.1) is 0 Å². The second-order valence-electron chi connectivity index (χ2n) is 3.24. The van der Waals surface area contributed by atoms with Crippen LogP contribution in [0.3, 0.4) is 0 Å². The second-order valence-corrected chi connectivity index (χ2v) is 3.24. The van der Waals surface area contributed by atoms with Gasteiger partial charge in [0.05, 0.1) is 0 Å². The largest absolute Gasteiger partial charge is 0.324 e. The lowest BCUT2D eigenvalue weighted by atomic mass is 10.2. The molecule has 4 nitrogen and oxygen atoms in total. The van der Waals surface area contributed by atoms with Crippen molar-refractivity contribution < 1.29 is 4.79 Å². The molecule has 16 heavy (non-hydrogen) atoms. The van der Waals surface area contributed by atoms with Crippen LogP contribution in [0.5, 0.6) is 0 Å². The van der Waals surface area contributed by atoms with Crippen molar-refractivity contribution in [2.75, 3.05) is 0 Å². The molecule has 0 bridgehead atoms. The van der Waals surface area contributed by atoms with Crippen LogP contribution in [0.1, 0.15) is 10.4 Å². The van der Waals surface area contributed by atoms with E-state index in [0.717, 1.165) is 5.69 Å². The number of nitrogens with zero attached hydrogens (tertiary/aromatic N) is 2. The quantitative estimate of drug-likeness (QED) is 0.613. The Morgan fingerprint density at radius 2 is 1.81 bits per heavy atom. The summed E-state index contributed by atoms with van der Waals surface area (Å²) in [5.74, 6) is -0.256. The first-order chi connectivity index (χ1) is 7.81. The first-order valence-electron chi connectivity index (χ1n) is 4.81. The summed E-state index contributed by atoms with van der Waals surface area (Å²) in [7, 11) is 0. The number of hydrazone groups is 1. The number of aromatic nitrogens is 1. The Morgan fingerprint density at radius 3 is 2.38 bits per heavy atom. The van der Waals surface area contributed by atoms with Gasteiger partial charge in [0.25, 0.3) is 5.91 Å². The number of amides is 1. The van der Waals surface area contributed by atoms with Crippen LogP contribution in [-0.2, 0) is 0 Å². The van der Waals surface area contributed by atoms with Crippen LogP contribution in [0.2, 0.25) is 0 Å². The molecule has 2 rings (SSSR count). The van der Waals surface area contributed by atoms with Crippen molar-refractivity contribution in [3.05, 3.63) is 54.4 Å². The molecule has 0 aliphatic rings. The molecule has 0 radical (unpaired) electrons. The first-order valence-corrected chi connectivity index (χ1v) is 4.81. The van der Waals surface area contributed by atoms with E-state index in [4.69, 9.17) is 0 Å². The lowest BCUT2D eigenvalue weighted by molar-refractivity contribution is 0.0955. The van der Waals surface area contributed by atoms with Gasteiger partial charge in [-0.2, -0.15) is 5.10 Å². The molecule has 0 aliphatic carbocycles. The summed E-state index contributed by atoms with van der Waals surface area (Å²) >= 11 is 0. The van der Waals surface area contributed by atoms with Gasteiger partial charge in [0.15, 0.2) is 0 Å². The molecule has 0 saturated heterocycles. The highest BCUT2D eigenvalue weighted by atomic mass is 16.2. The number of hydrogen-bond donors (Lipinski definition) is 1. The van der Waals surface area contributed by atoms with E-state index in [2.05, 4.69) is 17.2 Å². The maximum absolute atomic E-state index is 11.4. The number of hydrogen-bond acceptors (Lipinski definition) is 2. The lowest BCUT2D eigenvalue weighted by Gasteiger charge is -2.04. The molecule has 0 spiro atoms. The SMILES string of the molecule is C=NNC(=O)c1ccc(-n2cccc2)cc1. The van der Waals surface area contributed by atoms with Crippen LogP contribution in [0, 0.1) is 0 Å². The fourth-order valence-corrected chi connectivity index (χ4v) is 1.43. The molecule has 80 valence electrons. The summed E-state index contributed by atoms with van der Waals surface area (Å²) in [5.41, 5.74) is 3.85. The number of benzene rings is 1. The lowest BCUT2D eigenvalue weighted by Crippen LogP contribution is -2.16. The summed E-state index contributed by atoms with van der Waals surface area (Å²) in [6, 6.07) is 11.1. The van der Waals surface area contributed by atoms with Gasteiger partial charge in [-0.05, 0) is 36.4 Å². The van der Waals surface area contributed by atoms with Crippen LogP contribution >= 0.6 is 0 Å². The van der Waals surface area contributed by atoms with E-state index in [1.807, 2.05) is 41.2 Å². The Morgan fingerprint density at radius 1 is 1.19 bits per heavy atom. The molecular weight excluding hydrogens is 202 g/mol. The Kier molecular flexibility index (Phi) is 2.82. The molecule has 1 aromatic heterocycles. The van der Waals surface area contributed by atoms with Crippen LogP contribution < -0.4 is 5.43 Å². The third-order valence-electron chi connectivity index (χ3n) is 2.21. The predicted molar refractivity (Wildman–Crippen MR) is 62.8 cm³/mol. The van der Waals surface area contributed by atoms with Crippen molar-refractivity contribution in [2.24, 2.45) is 5.10 Å². The predicted octanol–water partition coefficient (Wildman–Crippen LogP) is 1.82. The van der Waals surface area contributed by atoms with E-state index in [9.17, 15) is 4.79 Å². The Labute approximate surface area is 93.2 Å². The summed E-state index contributed by atoms with van der Waals surface area (Å²) in [4.78, 5) is 11.4. The fourth-order valence-electron chi connectivity index (χ4n) is 1.43. The molecule has 0 saturated carbocycles. The molecule has 2 aromatic rings. The highest BCUT2D eigenvalue weighted by molar-refractivity contribution is 5.94. The average molecular weight is 213 g/mol. The van der Waals surface area contributed by atoms with Crippen LogP contribution in [0.15, 0.2) is 53.9 Å². The molecule has 1 amide bonds. The summed E-state index contributed by atoms with van der Waals surface area (Å²) in [5, 5.41) is 3.33. The number of rotatable bonds is 3. The van der Waals surface area contributed by atoms with Crippen LogP contribution in [0.25, 0.3) is 5.69 Å². The summed E-state index contributed by atoms with van der Waals surface area (Å²) in [6.45, 7) is 3.20. The maximum Gasteiger partial charge on any atom is 0.271 e. The molecule has 0 aliphatic heterocycles. The number of carbonyl (C=O) groups is 1. The molecule has 0 unspecified atom stereocenters. The van der Waals surface area contributed by atoms with Gasteiger partial charge in [0.1, 0.15) is 0 Å². The first kappa shape index (κ1) is 10.2. The molecule has 1 N–H and O–H groups in total. The van der Waals surface area contributed by atoms with Gasteiger partial charge in [-0.25, -0.2) is 5.43 Å². The normalized spacial score (nSPS) is 9.75. The van der Waals surface area contributed by atoms with Gasteiger partial charge in [0, 0.05) is 30.4 Å². The van der Waals surface area contributed by atoms with E-state index in [-0.39, 0.29) is 5.91 Å². The van der Waals surface area contributed by atoms with E-state index >= 15 is 0 Å². The van der Waals surface area contributed by atoms with Crippen molar-refractivity contribution in [1.82, 2.24) is 9.99 Å². The Hall–Kier alpha value is -2.36. The van der Waals surface area contributed by atoms with E-state index < -0.39 is 0 Å². The van der Waals surface area contributed by atoms with Gasteiger partial charge in [0.2, 0.25) is 0 Å². The highest BCUT2D eigenvalue weighted by Gasteiger charge is 2.03. The molecule has 1 aromatic carbocycles. The Bertz CT molecular complexity index is 485. The minimum Gasteiger partial charge on any atom is -0.324 e. The minimum absolute atomic E-state index is 0.256. The van der Waals surface area contributed by atoms with Crippen molar-refractivity contribution in [2.45, 2.75) is 0 Å². The molecule has 4 heteroatoms. The maximum atomic E-state index is 11.4. The monoisotopic (exact) mass is 213 g/mol. The van der Waals surface area contributed by atoms with Crippen molar-refractivity contribution in [3.8, 4) is 5.69 Å². The zero-order valence-electron chi connectivity index (χ0n) is 8.63. The van der Waals surface area contributed by atoms with Crippen LogP contribution in [-0.4, -0.2) is 17.2 Å². The zero-order valence-corrected chi connectivity index (χ0v) is 8.63. The van der Waals surface area contributed by atoms with Gasteiger partial charge in [-0.3, -0.25) is 4.79 Å². The Balaban J connectivity index is 2.23. The minimum atomic E-state index is -0.256. The van der Waals surface area contributed by atoms with Crippen LogP contribution in [0.4, 0.5) is 0 Å². The fraction of sp³-hybridized carbons (Fsp3) is 0. The third-order valence-corrected chi connectivity index (χ3v) is 2.21. The van der Waals surface area contributed by atoms with Crippen molar-refractivity contribution in [3.63, 3.8) is 0 Å². The van der Waals surface area contributed by atoms with Crippen molar-refractivity contribution >= 4 is 12.6 Å². The third kappa shape index (κ3) is 2.00. The molecule has 0 fully saturated rings. The molecule has 0 atom stereocenters. The smallest absolute Gasteiger partial charge is 0.271 e. The summed E-state index contributed by atoms with van der Waals surface area (Å²) in [6.07, 6.45) is 3.89. The average Bonchev–Trinajstić information content (AvgIpc) is 2.83. The highest BCUT2D eigenvalue weighted by Crippen LogP contribution is 2.09. The van der Waals surface area contributed by atoms with E-state index in [1.54, 1.807) is 12.1 Å². The zero-order chi connectivity index (χ0) is 11.4. The summed E-state index contributed by atoms with van der Waals surface area (Å²) < 4.78 is 1.97. The number of carbonyl (C=O) groups excluding carboxylic acids is 1. The van der Waals surface area contributed by atoms with Crippen molar-refractivity contribution in [1.29, 1.82) is 0 Å². The van der Waals surface area contributed by atoms with Gasteiger partial charge < -0.3 is 4.57 Å². The molecule has 1 heterocycles. The van der Waals surface area contributed by atoms with Gasteiger partial charge >= 0.3 is 0 Å². The second kappa shape index (κ2) is 4.44. The standard InChI is InChI=1S/C12H11N3O/c1-13-14-12(16)10-4-6-11(7-5-10)15-8-2-3-9-15/h2-9H,1H2,(H,14,16). The van der Waals surface area contributed by atoms with Gasteiger partial charge in [-0.1, -0.05) is 0 Å².